The first-order valence-corrected chi connectivity index (χ1v) is 10.9. The number of carboxylic acids is 1. The normalized spacial score (nSPS) is 23.5. The summed E-state index contributed by atoms with van der Waals surface area (Å²) in [5.41, 5.74) is 0. The largest absolute Gasteiger partial charge is 0.480 e. The second-order valence-corrected chi connectivity index (χ2v) is 8.69. The van der Waals surface area contributed by atoms with Gasteiger partial charge in [0.05, 0.1) is 6.42 Å². The van der Waals surface area contributed by atoms with Crippen LogP contribution in [0.5, 0.6) is 0 Å². The van der Waals surface area contributed by atoms with Crippen molar-refractivity contribution in [1.29, 1.82) is 0 Å². The first-order chi connectivity index (χ1) is 15.4. The van der Waals surface area contributed by atoms with Crippen molar-refractivity contribution in [3.8, 4) is 0 Å². The second-order valence-electron chi connectivity index (χ2n) is 8.69. The first-order valence-electron chi connectivity index (χ1n) is 10.9. The van der Waals surface area contributed by atoms with Crippen LogP contribution >= 0.6 is 0 Å². The molecule has 0 aromatic rings. The topological polar surface area (TPSA) is 162 Å². The monoisotopic (exact) mass is 468 g/mol. The summed E-state index contributed by atoms with van der Waals surface area (Å²) in [6, 6.07) is -4.10. The quantitative estimate of drug-likeness (QED) is 0.358. The molecule has 12 heteroatoms. The third-order valence-corrected chi connectivity index (χ3v) is 5.99. The Morgan fingerprint density at radius 1 is 1.09 bits per heavy atom. The Morgan fingerprint density at radius 2 is 1.73 bits per heavy atom. The number of methoxy groups -OCH3 is 1. The van der Waals surface area contributed by atoms with E-state index in [1.165, 1.54) is 25.9 Å². The number of aliphatic carboxylic acids is 1. The SMILES string of the molecule is COC1CC(=O)N([C@@H](C)C(=O)N[C@@H](C)C(=O)N2CCC[C@H]2C(=O)N[C@H](C(=O)O)C(C)C)C1=O. The van der Waals surface area contributed by atoms with Crippen LogP contribution in [-0.4, -0.2) is 94.3 Å². The van der Waals surface area contributed by atoms with Crippen LogP contribution < -0.4 is 10.6 Å². The van der Waals surface area contributed by atoms with Gasteiger partial charge in [-0.25, -0.2) is 4.79 Å². The van der Waals surface area contributed by atoms with Crippen molar-refractivity contribution >= 4 is 35.5 Å². The maximum Gasteiger partial charge on any atom is 0.326 e. The Labute approximate surface area is 192 Å². The number of hydrogen-bond acceptors (Lipinski definition) is 7. The molecule has 2 fully saturated rings. The van der Waals surface area contributed by atoms with Crippen LogP contribution in [0.1, 0.15) is 47.0 Å². The Hall–Kier alpha value is -3.02. The molecule has 12 nitrogen and oxygen atoms in total. The highest BCUT2D eigenvalue weighted by atomic mass is 16.5. The van der Waals surface area contributed by atoms with Crippen molar-refractivity contribution in [3.63, 3.8) is 0 Å². The molecule has 2 aliphatic heterocycles. The van der Waals surface area contributed by atoms with Crippen molar-refractivity contribution in [2.24, 2.45) is 5.92 Å². The zero-order valence-corrected chi connectivity index (χ0v) is 19.5. The predicted octanol–water partition coefficient (Wildman–Crippen LogP) is -1.13. The molecule has 0 spiro atoms. The summed E-state index contributed by atoms with van der Waals surface area (Å²) in [4.78, 5) is 76.2. The van der Waals surface area contributed by atoms with E-state index in [-0.39, 0.29) is 18.9 Å². The lowest BCUT2D eigenvalue weighted by atomic mass is 10.0. The van der Waals surface area contributed by atoms with E-state index in [1.807, 2.05) is 0 Å². The number of carbonyl (C=O) groups is 6. The van der Waals surface area contributed by atoms with Gasteiger partial charge in [0.2, 0.25) is 23.6 Å². The van der Waals surface area contributed by atoms with Gasteiger partial charge < -0.3 is 25.4 Å². The highest BCUT2D eigenvalue weighted by Gasteiger charge is 2.44. The van der Waals surface area contributed by atoms with Crippen LogP contribution in [0.2, 0.25) is 0 Å². The summed E-state index contributed by atoms with van der Waals surface area (Å²) >= 11 is 0. The predicted molar refractivity (Wildman–Crippen MR) is 113 cm³/mol. The molecule has 0 aromatic heterocycles. The van der Waals surface area contributed by atoms with Crippen LogP contribution in [0.4, 0.5) is 0 Å². The van der Waals surface area contributed by atoms with Gasteiger partial charge in [-0.3, -0.25) is 28.9 Å². The van der Waals surface area contributed by atoms with Crippen LogP contribution in [0.3, 0.4) is 0 Å². The fourth-order valence-corrected chi connectivity index (χ4v) is 4.04. The molecule has 2 aliphatic rings. The van der Waals surface area contributed by atoms with Gasteiger partial charge in [-0.05, 0) is 32.6 Å². The van der Waals surface area contributed by atoms with Crippen LogP contribution in [0, 0.1) is 5.92 Å². The Morgan fingerprint density at radius 3 is 2.24 bits per heavy atom. The molecule has 2 rings (SSSR count). The molecule has 2 heterocycles. The van der Waals surface area contributed by atoms with Crippen molar-refractivity contribution < 1.29 is 38.6 Å². The van der Waals surface area contributed by atoms with E-state index in [0.717, 1.165) is 4.90 Å². The number of carbonyl (C=O) groups excluding carboxylic acids is 5. The van der Waals surface area contributed by atoms with Crippen molar-refractivity contribution in [3.05, 3.63) is 0 Å². The number of imide groups is 1. The third-order valence-electron chi connectivity index (χ3n) is 5.99. The molecular weight excluding hydrogens is 436 g/mol. The number of nitrogens with one attached hydrogen (secondary N) is 2. The van der Waals surface area contributed by atoms with Gasteiger partial charge in [0.15, 0.2) is 0 Å². The van der Waals surface area contributed by atoms with Gasteiger partial charge in [-0.1, -0.05) is 13.8 Å². The lowest BCUT2D eigenvalue weighted by Gasteiger charge is -2.29. The summed E-state index contributed by atoms with van der Waals surface area (Å²) in [6.45, 7) is 6.44. The molecule has 0 radical (unpaired) electrons. The maximum atomic E-state index is 13.0. The molecule has 0 saturated carbocycles. The van der Waals surface area contributed by atoms with Gasteiger partial charge in [0, 0.05) is 13.7 Å². The highest BCUT2D eigenvalue weighted by molar-refractivity contribution is 6.08. The zero-order valence-electron chi connectivity index (χ0n) is 19.5. The number of ether oxygens (including phenoxy) is 1. The molecule has 3 N–H and O–H groups in total. The lowest BCUT2D eigenvalue weighted by molar-refractivity contribution is -0.149. The van der Waals surface area contributed by atoms with E-state index in [1.54, 1.807) is 13.8 Å². The van der Waals surface area contributed by atoms with E-state index >= 15 is 0 Å². The first kappa shape index (κ1) is 26.2. The van der Waals surface area contributed by atoms with Crippen molar-refractivity contribution in [1.82, 2.24) is 20.4 Å². The zero-order chi connectivity index (χ0) is 25.0. The lowest BCUT2D eigenvalue weighted by Crippen LogP contribution is -2.57. The Balaban J connectivity index is 2.02. The van der Waals surface area contributed by atoms with E-state index < -0.39 is 65.8 Å². The summed E-state index contributed by atoms with van der Waals surface area (Å²) < 4.78 is 4.95. The number of hydrogen-bond donors (Lipinski definition) is 3. The standard InChI is InChI=1S/C21H32N4O8/c1-10(2)16(21(31)32)23-18(28)13-7-6-8-24(13)19(29)11(3)22-17(27)12(4)25-15(26)9-14(33-5)20(25)30/h10-14,16H,6-9H2,1-5H3,(H,22,27)(H,23,28)(H,31,32)/t11-,12-,13-,14?,16-/m0/s1. The summed E-state index contributed by atoms with van der Waals surface area (Å²) in [5.74, 6) is -4.43. The summed E-state index contributed by atoms with van der Waals surface area (Å²) in [7, 11) is 1.30. The third kappa shape index (κ3) is 5.67. The Bertz CT molecular complexity index is 829. The van der Waals surface area contributed by atoms with Gasteiger partial charge in [-0.2, -0.15) is 0 Å². The molecule has 0 aliphatic carbocycles. The van der Waals surface area contributed by atoms with E-state index in [0.29, 0.717) is 12.8 Å². The van der Waals surface area contributed by atoms with Crippen LogP contribution in [0.25, 0.3) is 0 Å². The smallest absolute Gasteiger partial charge is 0.326 e. The maximum absolute atomic E-state index is 13.0. The number of amides is 5. The van der Waals surface area contributed by atoms with E-state index in [4.69, 9.17) is 4.74 Å². The van der Waals surface area contributed by atoms with Gasteiger partial charge in [0.1, 0.15) is 30.3 Å². The van der Waals surface area contributed by atoms with Crippen LogP contribution in [-0.2, 0) is 33.5 Å². The molecule has 5 amide bonds. The average Bonchev–Trinajstić information content (AvgIpc) is 3.34. The minimum Gasteiger partial charge on any atom is -0.480 e. The van der Waals surface area contributed by atoms with Gasteiger partial charge >= 0.3 is 5.97 Å². The van der Waals surface area contributed by atoms with Gasteiger partial charge in [0.25, 0.3) is 5.91 Å². The van der Waals surface area contributed by atoms with Crippen LogP contribution in [0.15, 0.2) is 0 Å². The number of carboxylic acid groups (broad SMARTS) is 1. The van der Waals surface area contributed by atoms with Crippen molar-refractivity contribution in [2.45, 2.75) is 77.2 Å². The molecule has 0 bridgehead atoms. The number of nitrogens with zero attached hydrogens (tertiary/aromatic N) is 2. The Kier molecular flexibility index (Phi) is 8.53. The van der Waals surface area contributed by atoms with E-state index in [9.17, 15) is 33.9 Å². The highest BCUT2D eigenvalue weighted by Crippen LogP contribution is 2.21. The number of rotatable bonds is 9. The molecule has 0 aromatic carbocycles. The molecule has 5 atom stereocenters. The second kappa shape index (κ2) is 10.7. The van der Waals surface area contributed by atoms with Gasteiger partial charge in [-0.15, -0.1) is 0 Å². The number of likely N-dealkylation sites (tertiary alicyclic amines) is 2. The van der Waals surface area contributed by atoms with E-state index in [2.05, 4.69) is 10.6 Å². The summed E-state index contributed by atoms with van der Waals surface area (Å²) in [5, 5.41) is 14.3. The molecule has 1 unspecified atom stereocenters. The minimum absolute atomic E-state index is 0.153. The molecule has 2 saturated heterocycles. The van der Waals surface area contributed by atoms with Crippen molar-refractivity contribution in [2.75, 3.05) is 13.7 Å². The fraction of sp³-hybridized carbons (Fsp3) is 0.714. The average molecular weight is 469 g/mol. The molecular formula is C21H32N4O8. The fourth-order valence-electron chi connectivity index (χ4n) is 4.04. The molecule has 184 valence electrons. The minimum atomic E-state index is -1.16. The molecule has 33 heavy (non-hydrogen) atoms. The summed E-state index contributed by atoms with van der Waals surface area (Å²) in [6.07, 6.45) is -0.167.